The van der Waals surface area contributed by atoms with Crippen LogP contribution in [0.1, 0.15) is 31.2 Å². The Balaban J connectivity index is 2.03. The number of hydrogen-bond acceptors (Lipinski definition) is 3. The molecule has 0 amide bonds. The summed E-state index contributed by atoms with van der Waals surface area (Å²) in [6.07, 6.45) is 7.03. The average molecular weight is 226 g/mol. The smallest absolute Gasteiger partial charge is 0.141 e. The van der Waals surface area contributed by atoms with Crippen molar-refractivity contribution in [1.29, 1.82) is 0 Å². The van der Waals surface area contributed by atoms with E-state index in [0.29, 0.717) is 6.54 Å². The van der Waals surface area contributed by atoms with Gasteiger partial charge >= 0.3 is 0 Å². The molecule has 0 aromatic carbocycles. The Kier molecular flexibility index (Phi) is 6.69. The second-order valence-electron chi connectivity index (χ2n) is 3.83. The fourth-order valence-corrected chi connectivity index (χ4v) is 1.50. The quantitative estimate of drug-likeness (QED) is 0.665. The lowest BCUT2D eigenvalue weighted by Gasteiger charge is -2.04. The molecule has 0 aliphatic rings. The molecule has 16 heavy (non-hydrogen) atoms. The summed E-state index contributed by atoms with van der Waals surface area (Å²) in [6, 6.07) is 1.49. The zero-order valence-electron chi connectivity index (χ0n) is 9.45. The average Bonchev–Trinajstić information content (AvgIpc) is 2.28. The molecular weight excluding hydrogens is 207 g/mol. The van der Waals surface area contributed by atoms with Gasteiger partial charge in [0.15, 0.2) is 0 Å². The summed E-state index contributed by atoms with van der Waals surface area (Å²) in [6.45, 7) is 1.86. The summed E-state index contributed by atoms with van der Waals surface area (Å²) in [5.74, 6) is -0.290. The third kappa shape index (κ3) is 5.78. The number of nitrogens with zero attached hydrogens (tertiary/aromatic N) is 1. The predicted octanol–water partition coefficient (Wildman–Crippen LogP) is 1.86. The van der Waals surface area contributed by atoms with E-state index in [0.717, 1.165) is 37.8 Å². The van der Waals surface area contributed by atoms with Crippen molar-refractivity contribution in [2.45, 2.75) is 32.2 Å². The molecule has 0 aliphatic heterocycles. The number of halogens is 1. The normalized spacial score (nSPS) is 10.6. The summed E-state index contributed by atoms with van der Waals surface area (Å²) < 4.78 is 12.8. The number of aliphatic hydroxyl groups is 1. The van der Waals surface area contributed by atoms with Crippen LogP contribution in [-0.4, -0.2) is 23.2 Å². The molecule has 4 heteroatoms. The van der Waals surface area contributed by atoms with Crippen LogP contribution in [0.15, 0.2) is 18.5 Å². The Morgan fingerprint density at radius 3 is 2.75 bits per heavy atom. The van der Waals surface area contributed by atoms with Crippen LogP contribution < -0.4 is 5.32 Å². The predicted molar refractivity (Wildman–Crippen MR) is 61.5 cm³/mol. The molecule has 0 aliphatic carbocycles. The minimum absolute atomic E-state index is 0.280. The van der Waals surface area contributed by atoms with Gasteiger partial charge < -0.3 is 10.4 Å². The number of pyridine rings is 1. The number of rotatable bonds is 8. The van der Waals surface area contributed by atoms with Crippen molar-refractivity contribution in [3.05, 3.63) is 29.8 Å². The first-order valence-electron chi connectivity index (χ1n) is 5.74. The molecule has 1 aromatic rings. The van der Waals surface area contributed by atoms with E-state index in [4.69, 9.17) is 5.11 Å². The zero-order chi connectivity index (χ0) is 11.6. The largest absolute Gasteiger partial charge is 0.396 e. The summed E-state index contributed by atoms with van der Waals surface area (Å²) >= 11 is 0. The highest BCUT2D eigenvalue weighted by molar-refractivity contribution is 5.09. The maximum atomic E-state index is 12.8. The van der Waals surface area contributed by atoms with Crippen LogP contribution in [0.4, 0.5) is 4.39 Å². The van der Waals surface area contributed by atoms with E-state index in [1.165, 1.54) is 12.3 Å². The SMILES string of the molecule is OCCCCCCNCc1cncc(F)c1. The lowest BCUT2D eigenvalue weighted by atomic mass is 10.2. The maximum absolute atomic E-state index is 12.8. The van der Waals surface area contributed by atoms with Gasteiger partial charge in [-0.1, -0.05) is 12.8 Å². The minimum Gasteiger partial charge on any atom is -0.396 e. The van der Waals surface area contributed by atoms with Crippen LogP contribution in [0.25, 0.3) is 0 Å². The minimum atomic E-state index is -0.290. The van der Waals surface area contributed by atoms with Gasteiger partial charge in [-0.3, -0.25) is 4.98 Å². The van der Waals surface area contributed by atoms with Crippen LogP contribution in [-0.2, 0) is 6.54 Å². The standard InChI is InChI=1S/C12H19FN2O/c13-12-7-11(9-15-10-12)8-14-5-3-1-2-4-6-16/h7,9-10,14,16H,1-6,8H2. The molecule has 0 bridgehead atoms. The molecule has 0 spiro atoms. The van der Waals surface area contributed by atoms with Crippen molar-refractivity contribution in [2.24, 2.45) is 0 Å². The van der Waals surface area contributed by atoms with Gasteiger partial charge in [0.05, 0.1) is 6.20 Å². The molecular formula is C12H19FN2O. The molecule has 2 N–H and O–H groups in total. The lowest BCUT2D eigenvalue weighted by Crippen LogP contribution is -2.14. The molecule has 0 unspecified atom stereocenters. The molecule has 0 fully saturated rings. The third-order valence-electron chi connectivity index (χ3n) is 2.35. The molecule has 1 heterocycles. The highest BCUT2D eigenvalue weighted by Crippen LogP contribution is 2.01. The molecule has 0 radical (unpaired) electrons. The van der Waals surface area contributed by atoms with E-state index in [2.05, 4.69) is 10.3 Å². The van der Waals surface area contributed by atoms with Crippen molar-refractivity contribution in [3.8, 4) is 0 Å². The lowest BCUT2D eigenvalue weighted by molar-refractivity contribution is 0.282. The van der Waals surface area contributed by atoms with Crippen LogP contribution in [0.2, 0.25) is 0 Å². The van der Waals surface area contributed by atoms with E-state index in [1.54, 1.807) is 6.20 Å². The van der Waals surface area contributed by atoms with Gasteiger partial charge in [0, 0.05) is 19.3 Å². The molecule has 1 rings (SSSR count). The molecule has 0 saturated heterocycles. The van der Waals surface area contributed by atoms with Crippen molar-refractivity contribution in [1.82, 2.24) is 10.3 Å². The van der Waals surface area contributed by atoms with Gasteiger partial charge in [-0.2, -0.15) is 0 Å². The Labute approximate surface area is 95.7 Å². The molecule has 0 saturated carbocycles. The second-order valence-corrected chi connectivity index (χ2v) is 3.83. The summed E-state index contributed by atoms with van der Waals surface area (Å²) in [5.41, 5.74) is 0.871. The monoisotopic (exact) mass is 226 g/mol. The first-order valence-corrected chi connectivity index (χ1v) is 5.74. The van der Waals surface area contributed by atoms with E-state index in [9.17, 15) is 4.39 Å². The van der Waals surface area contributed by atoms with Crippen LogP contribution >= 0.6 is 0 Å². The summed E-state index contributed by atoms with van der Waals surface area (Å²) in [4.78, 5) is 3.78. The van der Waals surface area contributed by atoms with Gasteiger partial charge in [-0.05, 0) is 31.0 Å². The first kappa shape index (κ1) is 13.1. The molecule has 3 nitrogen and oxygen atoms in total. The molecule has 0 atom stereocenters. The Morgan fingerprint density at radius 1 is 1.19 bits per heavy atom. The highest BCUT2D eigenvalue weighted by Gasteiger charge is 1.95. The van der Waals surface area contributed by atoms with Gasteiger partial charge in [0.2, 0.25) is 0 Å². The second kappa shape index (κ2) is 8.19. The van der Waals surface area contributed by atoms with Gasteiger partial charge in [0.25, 0.3) is 0 Å². The number of aromatic nitrogens is 1. The van der Waals surface area contributed by atoms with E-state index < -0.39 is 0 Å². The van der Waals surface area contributed by atoms with Crippen LogP contribution in [0.3, 0.4) is 0 Å². The summed E-state index contributed by atoms with van der Waals surface area (Å²) in [7, 11) is 0. The van der Waals surface area contributed by atoms with Crippen LogP contribution in [0, 0.1) is 5.82 Å². The number of unbranched alkanes of at least 4 members (excludes halogenated alkanes) is 3. The van der Waals surface area contributed by atoms with Crippen molar-refractivity contribution >= 4 is 0 Å². The third-order valence-corrected chi connectivity index (χ3v) is 2.35. The van der Waals surface area contributed by atoms with Crippen molar-refractivity contribution in [3.63, 3.8) is 0 Å². The van der Waals surface area contributed by atoms with Gasteiger partial charge in [-0.25, -0.2) is 4.39 Å². The van der Waals surface area contributed by atoms with E-state index >= 15 is 0 Å². The van der Waals surface area contributed by atoms with E-state index in [-0.39, 0.29) is 12.4 Å². The number of aliphatic hydroxyl groups excluding tert-OH is 1. The molecule has 1 aromatic heterocycles. The maximum Gasteiger partial charge on any atom is 0.141 e. The molecule has 90 valence electrons. The van der Waals surface area contributed by atoms with Gasteiger partial charge in [-0.15, -0.1) is 0 Å². The zero-order valence-corrected chi connectivity index (χ0v) is 9.45. The number of hydrogen-bond donors (Lipinski definition) is 2. The topological polar surface area (TPSA) is 45.1 Å². The van der Waals surface area contributed by atoms with Crippen LogP contribution in [0.5, 0.6) is 0 Å². The van der Waals surface area contributed by atoms with E-state index in [1.807, 2.05) is 0 Å². The Morgan fingerprint density at radius 2 is 2.00 bits per heavy atom. The highest BCUT2D eigenvalue weighted by atomic mass is 19.1. The van der Waals surface area contributed by atoms with Crippen molar-refractivity contribution < 1.29 is 9.50 Å². The van der Waals surface area contributed by atoms with Crippen molar-refractivity contribution in [2.75, 3.05) is 13.2 Å². The Bertz CT molecular complexity index is 294. The first-order chi connectivity index (χ1) is 7.83. The fraction of sp³-hybridized carbons (Fsp3) is 0.583. The summed E-state index contributed by atoms with van der Waals surface area (Å²) in [5, 5.41) is 11.8. The fourth-order valence-electron chi connectivity index (χ4n) is 1.50. The van der Waals surface area contributed by atoms with Gasteiger partial charge in [0.1, 0.15) is 5.82 Å². The number of nitrogens with one attached hydrogen (secondary N) is 1. The Hall–Kier alpha value is -1.00.